The summed E-state index contributed by atoms with van der Waals surface area (Å²) in [5, 5.41) is 0.495. The highest BCUT2D eigenvalue weighted by atomic mass is 79.9. The summed E-state index contributed by atoms with van der Waals surface area (Å²) in [7, 11) is 0. The number of hydrogen-bond donors (Lipinski definition) is 0. The molecule has 0 radical (unpaired) electrons. The summed E-state index contributed by atoms with van der Waals surface area (Å²) in [6.45, 7) is 0.656. The quantitative estimate of drug-likeness (QED) is 0.695. The fourth-order valence-electron chi connectivity index (χ4n) is 2.68. The highest BCUT2D eigenvalue weighted by molar-refractivity contribution is 9.10. The molecule has 1 heterocycles. The lowest BCUT2D eigenvalue weighted by Gasteiger charge is -2.25. The van der Waals surface area contributed by atoms with Gasteiger partial charge in [-0.3, -0.25) is 4.79 Å². The molecule has 2 nitrogen and oxygen atoms in total. The van der Waals surface area contributed by atoms with E-state index in [9.17, 15) is 4.79 Å². The second kappa shape index (κ2) is 6.20. The predicted octanol–water partition coefficient (Wildman–Crippen LogP) is 5.24. The van der Waals surface area contributed by atoms with Gasteiger partial charge in [0.15, 0.2) is 5.78 Å². The molecule has 21 heavy (non-hydrogen) atoms. The maximum absolute atomic E-state index is 12.5. The fourth-order valence-corrected chi connectivity index (χ4v) is 3.46. The van der Waals surface area contributed by atoms with Gasteiger partial charge in [-0.2, -0.15) is 0 Å². The van der Waals surface area contributed by atoms with Gasteiger partial charge in [-0.25, -0.2) is 0 Å². The zero-order chi connectivity index (χ0) is 14.8. The Balaban J connectivity index is 1.83. The molecule has 1 aliphatic heterocycles. The van der Waals surface area contributed by atoms with Crippen LogP contribution in [0, 0.1) is 0 Å². The summed E-state index contributed by atoms with van der Waals surface area (Å²) in [6.07, 6.45) is 1.32. The van der Waals surface area contributed by atoms with Crippen molar-refractivity contribution in [3.8, 4) is 5.75 Å². The standard InChI is InChI=1S/C17H14BrClO2/c18-12-5-6-14(15(19)10-12)16(20)9-11-7-8-21-17-4-2-1-3-13(11)17/h1-6,10-11H,7-9H2. The van der Waals surface area contributed by atoms with Crippen LogP contribution in [0.4, 0.5) is 0 Å². The minimum Gasteiger partial charge on any atom is -0.493 e. The summed E-state index contributed by atoms with van der Waals surface area (Å²) in [5.74, 6) is 1.17. The molecule has 3 rings (SSSR count). The first-order valence-electron chi connectivity index (χ1n) is 6.85. The van der Waals surface area contributed by atoms with E-state index in [0.29, 0.717) is 23.6 Å². The number of benzene rings is 2. The minimum atomic E-state index is 0.0780. The van der Waals surface area contributed by atoms with E-state index in [1.807, 2.05) is 30.3 Å². The van der Waals surface area contributed by atoms with Gasteiger partial charge in [-0.15, -0.1) is 0 Å². The van der Waals surface area contributed by atoms with E-state index < -0.39 is 0 Å². The van der Waals surface area contributed by atoms with Crippen LogP contribution >= 0.6 is 27.5 Å². The van der Waals surface area contributed by atoms with E-state index in [1.165, 1.54) is 0 Å². The fraction of sp³-hybridized carbons (Fsp3) is 0.235. The lowest BCUT2D eigenvalue weighted by atomic mass is 9.87. The number of ether oxygens (including phenoxy) is 1. The number of carbonyl (C=O) groups excluding carboxylic acids is 1. The van der Waals surface area contributed by atoms with Gasteiger partial charge in [0.25, 0.3) is 0 Å². The molecule has 1 unspecified atom stereocenters. The third-order valence-electron chi connectivity index (χ3n) is 3.75. The second-order valence-electron chi connectivity index (χ2n) is 5.12. The highest BCUT2D eigenvalue weighted by Crippen LogP contribution is 2.36. The van der Waals surface area contributed by atoms with Crippen molar-refractivity contribution in [2.45, 2.75) is 18.8 Å². The van der Waals surface area contributed by atoms with Crippen LogP contribution in [-0.2, 0) is 0 Å². The van der Waals surface area contributed by atoms with Crippen molar-refractivity contribution >= 4 is 33.3 Å². The smallest absolute Gasteiger partial charge is 0.164 e. The SMILES string of the molecule is O=C(CC1CCOc2ccccc21)c1ccc(Br)cc1Cl. The molecule has 2 aromatic rings. The average molecular weight is 366 g/mol. The van der Waals surface area contributed by atoms with Crippen LogP contribution in [0.3, 0.4) is 0 Å². The first-order chi connectivity index (χ1) is 10.1. The Hall–Kier alpha value is -1.32. The Bertz CT molecular complexity index is 684. The zero-order valence-electron chi connectivity index (χ0n) is 11.3. The summed E-state index contributed by atoms with van der Waals surface area (Å²) in [4.78, 5) is 12.5. The summed E-state index contributed by atoms with van der Waals surface area (Å²) >= 11 is 9.52. The van der Waals surface area contributed by atoms with Crippen molar-refractivity contribution in [3.63, 3.8) is 0 Å². The molecule has 2 aromatic carbocycles. The lowest BCUT2D eigenvalue weighted by Crippen LogP contribution is -2.17. The molecule has 108 valence electrons. The maximum Gasteiger partial charge on any atom is 0.164 e. The van der Waals surface area contributed by atoms with Gasteiger partial charge in [0.05, 0.1) is 11.6 Å². The number of rotatable bonds is 3. The third-order valence-corrected chi connectivity index (χ3v) is 4.55. The van der Waals surface area contributed by atoms with Crippen molar-refractivity contribution in [1.82, 2.24) is 0 Å². The van der Waals surface area contributed by atoms with Crippen molar-refractivity contribution in [2.24, 2.45) is 0 Å². The van der Waals surface area contributed by atoms with Gasteiger partial charge >= 0.3 is 0 Å². The first-order valence-corrected chi connectivity index (χ1v) is 8.02. The van der Waals surface area contributed by atoms with E-state index in [4.69, 9.17) is 16.3 Å². The molecule has 0 aromatic heterocycles. The van der Waals surface area contributed by atoms with Crippen LogP contribution in [0.5, 0.6) is 5.75 Å². The summed E-state index contributed by atoms with van der Waals surface area (Å²) in [5.41, 5.74) is 1.70. The van der Waals surface area contributed by atoms with Crippen molar-refractivity contribution in [3.05, 3.63) is 63.1 Å². The third kappa shape index (κ3) is 3.14. The number of Topliss-reactive ketones (excluding diaryl/α,β-unsaturated/α-hetero) is 1. The molecule has 1 aliphatic rings. The van der Waals surface area contributed by atoms with E-state index in [2.05, 4.69) is 15.9 Å². The van der Waals surface area contributed by atoms with Gasteiger partial charge in [0.1, 0.15) is 5.75 Å². The van der Waals surface area contributed by atoms with Crippen LogP contribution in [0.1, 0.15) is 34.7 Å². The monoisotopic (exact) mass is 364 g/mol. The van der Waals surface area contributed by atoms with Gasteiger partial charge in [-0.1, -0.05) is 45.7 Å². The number of para-hydroxylation sites is 1. The normalized spacial score (nSPS) is 17.0. The Morgan fingerprint density at radius 2 is 2.10 bits per heavy atom. The molecular formula is C17H14BrClO2. The number of ketones is 1. The Labute approximate surface area is 137 Å². The summed E-state index contributed by atoms with van der Waals surface area (Å²) in [6, 6.07) is 13.3. The molecule has 0 spiro atoms. The van der Waals surface area contributed by atoms with E-state index in [0.717, 1.165) is 22.2 Å². The van der Waals surface area contributed by atoms with Gasteiger partial charge in [-0.05, 0) is 42.2 Å². The Morgan fingerprint density at radius 1 is 1.29 bits per heavy atom. The molecular weight excluding hydrogens is 352 g/mol. The van der Waals surface area contributed by atoms with E-state index >= 15 is 0 Å². The minimum absolute atomic E-state index is 0.0780. The van der Waals surface area contributed by atoms with Gasteiger partial charge in [0.2, 0.25) is 0 Å². The molecule has 0 N–H and O–H groups in total. The van der Waals surface area contributed by atoms with E-state index in [1.54, 1.807) is 12.1 Å². The van der Waals surface area contributed by atoms with Crippen LogP contribution in [0.25, 0.3) is 0 Å². The average Bonchev–Trinajstić information content (AvgIpc) is 2.47. The zero-order valence-corrected chi connectivity index (χ0v) is 13.7. The van der Waals surface area contributed by atoms with Crippen LogP contribution in [-0.4, -0.2) is 12.4 Å². The number of halogens is 2. The van der Waals surface area contributed by atoms with Gasteiger partial charge < -0.3 is 4.74 Å². The maximum atomic E-state index is 12.5. The molecule has 0 aliphatic carbocycles. The molecule has 0 saturated carbocycles. The van der Waals surface area contributed by atoms with Crippen molar-refractivity contribution in [1.29, 1.82) is 0 Å². The largest absolute Gasteiger partial charge is 0.493 e. The molecule has 4 heteroatoms. The first kappa shape index (κ1) is 14.6. The second-order valence-corrected chi connectivity index (χ2v) is 6.45. The molecule has 0 bridgehead atoms. The van der Waals surface area contributed by atoms with E-state index in [-0.39, 0.29) is 11.7 Å². The van der Waals surface area contributed by atoms with Crippen molar-refractivity contribution in [2.75, 3.05) is 6.61 Å². The van der Waals surface area contributed by atoms with Crippen LogP contribution < -0.4 is 4.74 Å². The molecule has 0 fully saturated rings. The van der Waals surface area contributed by atoms with Crippen LogP contribution in [0.2, 0.25) is 5.02 Å². The number of carbonyl (C=O) groups is 1. The summed E-state index contributed by atoms with van der Waals surface area (Å²) < 4.78 is 6.51. The van der Waals surface area contributed by atoms with Crippen molar-refractivity contribution < 1.29 is 9.53 Å². The topological polar surface area (TPSA) is 26.3 Å². The lowest BCUT2D eigenvalue weighted by molar-refractivity contribution is 0.0966. The molecule has 0 saturated heterocycles. The Morgan fingerprint density at radius 3 is 2.90 bits per heavy atom. The molecule has 1 atom stereocenters. The number of fused-ring (bicyclic) bond motifs is 1. The number of hydrogen-bond acceptors (Lipinski definition) is 2. The Kier molecular flexibility index (Phi) is 4.32. The predicted molar refractivity (Wildman–Crippen MR) is 87.4 cm³/mol. The highest BCUT2D eigenvalue weighted by Gasteiger charge is 2.24. The van der Waals surface area contributed by atoms with Crippen LogP contribution in [0.15, 0.2) is 46.9 Å². The molecule has 0 amide bonds. The van der Waals surface area contributed by atoms with Gasteiger partial charge in [0, 0.05) is 16.5 Å².